The summed E-state index contributed by atoms with van der Waals surface area (Å²) in [7, 11) is 0. The summed E-state index contributed by atoms with van der Waals surface area (Å²) in [5.41, 5.74) is 0.0764. The van der Waals surface area contributed by atoms with Crippen molar-refractivity contribution >= 4 is 5.97 Å². The van der Waals surface area contributed by atoms with E-state index < -0.39 is 12.1 Å². The largest absolute Gasteiger partial charge is 0.479 e. The highest BCUT2D eigenvalue weighted by Crippen LogP contribution is 2.13. The number of carboxylic acid groups (broad SMARTS) is 1. The molecule has 1 heterocycles. The van der Waals surface area contributed by atoms with E-state index in [-0.39, 0.29) is 5.69 Å². The zero-order valence-corrected chi connectivity index (χ0v) is 5.04. The maximum absolute atomic E-state index is 12.5. The lowest BCUT2D eigenvalue weighted by atomic mass is 10.3. The number of carbonyl (C=O) groups is 1. The van der Waals surface area contributed by atoms with E-state index in [0.29, 0.717) is 0 Å². The predicted molar refractivity (Wildman–Crippen MR) is 32.3 cm³/mol. The van der Waals surface area contributed by atoms with Crippen molar-refractivity contribution < 1.29 is 14.3 Å². The monoisotopic (exact) mass is 143 g/mol. The van der Waals surface area contributed by atoms with Gasteiger partial charge >= 0.3 is 5.97 Å². The van der Waals surface area contributed by atoms with Crippen LogP contribution in [-0.2, 0) is 4.79 Å². The summed E-state index contributed by atoms with van der Waals surface area (Å²) in [4.78, 5) is 12.5. The molecule has 3 nitrogen and oxygen atoms in total. The van der Waals surface area contributed by atoms with Crippen molar-refractivity contribution in [2.24, 2.45) is 0 Å². The second-order valence-corrected chi connectivity index (χ2v) is 1.83. The average Bonchev–Trinajstić information content (AvgIpc) is 2.36. The van der Waals surface area contributed by atoms with E-state index in [1.807, 2.05) is 0 Å². The summed E-state index contributed by atoms with van der Waals surface area (Å²) >= 11 is 0. The topological polar surface area (TPSA) is 53.1 Å². The smallest absolute Gasteiger partial charge is 0.344 e. The molecule has 1 rings (SSSR count). The van der Waals surface area contributed by atoms with Gasteiger partial charge in [0.05, 0.1) is 5.69 Å². The molecule has 1 unspecified atom stereocenters. The second-order valence-electron chi connectivity index (χ2n) is 1.83. The number of rotatable bonds is 2. The summed E-state index contributed by atoms with van der Waals surface area (Å²) in [6, 6.07) is 2.93. The van der Waals surface area contributed by atoms with Crippen LogP contribution in [0.3, 0.4) is 0 Å². The maximum atomic E-state index is 12.5. The number of aromatic nitrogens is 1. The number of hydrogen-bond donors (Lipinski definition) is 2. The van der Waals surface area contributed by atoms with E-state index in [9.17, 15) is 9.18 Å². The average molecular weight is 143 g/mol. The molecule has 54 valence electrons. The molecule has 0 fully saturated rings. The lowest BCUT2D eigenvalue weighted by molar-refractivity contribution is -0.143. The number of aromatic amines is 1. The van der Waals surface area contributed by atoms with Gasteiger partial charge in [0.25, 0.3) is 0 Å². The molecule has 0 aliphatic carbocycles. The Labute approximate surface area is 56.5 Å². The minimum Gasteiger partial charge on any atom is -0.479 e. The van der Waals surface area contributed by atoms with E-state index in [0.717, 1.165) is 0 Å². The molecule has 0 amide bonds. The molecular formula is C6H6FNO2. The van der Waals surface area contributed by atoms with Crippen molar-refractivity contribution in [3.05, 3.63) is 24.0 Å². The van der Waals surface area contributed by atoms with E-state index >= 15 is 0 Å². The number of carboxylic acids is 1. The normalized spacial score (nSPS) is 12.9. The molecule has 10 heavy (non-hydrogen) atoms. The molecule has 0 radical (unpaired) electrons. The molecule has 0 saturated heterocycles. The van der Waals surface area contributed by atoms with Gasteiger partial charge in [-0.3, -0.25) is 0 Å². The summed E-state index contributed by atoms with van der Waals surface area (Å²) in [6.07, 6.45) is -0.458. The molecule has 0 spiro atoms. The highest BCUT2D eigenvalue weighted by atomic mass is 19.1. The van der Waals surface area contributed by atoms with Gasteiger partial charge < -0.3 is 10.1 Å². The number of hydrogen-bond acceptors (Lipinski definition) is 1. The lowest BCUT2D eigenvalue weighted by Gasteiger charge is -1.96. The van der Waals surface area contributed by atoms with Crippen LogP contribution in [0.1, 0.15) is 11.9 Å². The van der Waals surface area contributed by atoms with Crippen molar-refractivity contribution in [1.82, 2.24) is 4.98 Å². The predicted octanol–water partition coefficient (Wildman–Crippen LogP) is 1.11. The van der Waals surface area contributed by atoms with Crippen LogP contribution in [0.5, 0.6) is 0 Å². The number of halogens is 1. The van der Waals surface area contributed by atoms with Gasteiger partial charge in [-0.2, -0.15) is 0 Å². The number of alkyl halides is 1. The fraction of sp³-hybridized carbons (Fsp3) is 0.167. The summed E-state index contributed by atoms with van der Waals surface area (Å²) in [5.74, 6) is -1.47. The minimum absolute atomic E-state index is 0.0764. The maximum Gasteiger partial charge on any atom is 0.344 e. The fourth-order valence-corrected chi connectivity index (χ4v) is 0.635. The Balaban J connectivity index is 2.77. The molecule has 0 saturated carbocycles. The van der Waals surface area contributed by atoms with Crippen LogP contribution in [0, 0.1) is 0 Å². The van der Waals surface area contributed by atoms with Crippen LogP contribution >= 0.6 is 0 Å². The van der Waals surface area contributed by atoms with E-state index in [4.69, 9.17) is 5.11 Å². The number of aliphatic carboxylic acids is 1. The third-order valence-electron chi connectivity index (χ3n) is 1.11. The standard InChI is InChI=1S/C6H6FNO2/c7-5(6(9)10)4-2-1-3-8-4/h1-3,5,8H,(H,9,10). The summed E-state index contributed by atoms with van der Waals surface area (Å²) < 4.78 is 12.5. The van der Waals surface area contributed by atoms with Crippen molar-refractivity contribution in [1.29, 1.82) is 0 Å². The zero-order chi connectivity index (χ0) is 7.56. The Bertz CT molecular complexity index is 220. The van der Waals surface area contributed by atoms with Gasteiger partial charge in [0.2, 0.25) is 6.17 Å². The molecule has 1 aromatic heterocycles. The van der Waals surface area contributed by atoms with Crippen LogP contribution in [0.4, 0.5) is 4.39 Å². The van der Waals surface area contributed by atoms with E-state index in [1.54, 1.807) is 6.07 Å². The van der Waals surface area contributed by atoms with Crippen molar-refractivity contribution in [3.63, 3.8) is 0 Å². The third-order valence-corrected chi connectivity index (χ3v) is 1.11. The number of nitrogens with one attached hydrogen (secondary N) is 1. The highest BCUT2D eigenvalue weighted by molar-refractivity contribution is 5.73. The van der Waals surface area contributed by atoms with Crippen LogP contribution in [0.15, 0.2) is 18.3 Å². The van der Waals surface area contributed by atoms with Gasteiger partial charge in [0.1, 0.15) is 0 Å². The van der Waals surface area contributed by atoms with Gasteiger partial charge in [-0.05, 0) is 12.1 Å². The Morgan fingerprint density at radius 1 is 1.80 bits per heavy atom. The van der Waals surface area contributed by atoms with Crippen molar-refractivity contribution in [2.45, 2.75) is 6.17 Å². The van der Waals surface area contributed by atoms with Gasteiger partial charge in [-0.1, -0.05) is 0 Å². The Morgan fingerprint density at radius 3 is 2.90 bits per heavy atom. The first-order chi connectivity index (χ1) is 4.72. The molecule has 0 aliphatic heterocycles. The Morgan fingerprint density at radius 2 is 2.50 bits per heavy atom. The Kier molecular flexibility index (Phi) is 1.71. The first-order valence-corrected chi connectivity index (χ1v) is 2.72. The first-order valence-electron chi connectivity index (χ1n) is 2.72. The van der Waals surface area contributed by atoms with Crippen LogP contribution in [0.25, 0.3) is 0 Å². The lowest BCUT2D eigenvalue weighted by Crippen LogP contribution is -2.05. The second kappa shape index (κ2) is 2.51. The molecule has 0 bridgehead atoms. The van der Waals surface area contributed by atoms with Crippen LogP contribution in [-0.4, -0.2) is 16.1 Å². The molecule has 1 aromatic rings. The molecule has 4 heteroatoms. The first kappa shape index (κ1) is 6.80. The fourth-order valence-electron chi connectivity index (χ4n) is 0.635. The van der Waals surface area contributed by atoms with Crippen molar-refractivity contribution in [2.75, 3.05) is 0 Å². The van der Waals surface area contributed by atoms with Crippen LogP contribution < -0.4 is 0 Å². The molecular weight excluding hydrogens is 137 g/mol. The number of H-pyrrole nitrogens is 1. The SMILES string of the molecule is O=C(O)C(F)c1ccc[nH]1. The third kappa shape index (κ3) is 1.15. The Hall–Kier alpha value is -1.32. The van der Waals surface area contributed by atoms with Gasteiger partial charge in [0.15, 0.2) is 0 Å². The zero-order valence-electron chi connectivity index (χ0n) is 5.04. The quantitative estimate of drug-likeness (QED) is 0.651. The van der Waals surface area contributed by atoms with E-state index in [1.165, 1.54) is 12.3 Å². The molecule has 0 aliphatic rings. The minimum atomic E-state index is -1.94. The van der Waals surface area contributed by atoms with Crippen molar-refractivity contribution in [3.8, 4) is 0 Å². The van der Waals surface area contributed by atoms with Crippen LogP contribution in [0.2, 0.25) is 0 Å². The molecule has 1 atom stereocenters. The van der Waals surface area contributed by atoms with Gasteiger partial charge in [0, 0.05) is 6.20 Å². The summed E-state index contributed by atoms with van der Waals surface area (Å²) in [5, 5.41) is 8.16. The van der Waals surface area contributed by atoms with E-state index in [2.05, 4.69) is 4.98 Å². The summed E-state index contributed by atoms with van der Waals surface area (Å²) in [6.45, 7) is 0. The van der Waals surface area contributed by atoms with Gasteiger partial charge in [-0.15, -0.1) is 0 Å². The molecule has 0 aromatic carbocycles. The molecule has 2 N–H and O–H groups in total. The highest BCUT2D eigenvalue weighted by Gasteiger charge is 2.18. The van der Waals surface area contributed by atoms with Gasteiger partial charge in [-0.25, -0.2) is 9.18 Å².